The number of amides is 7. The number of hydroxylamine groups is 1. The van der Waals surface area contributed by atoms with Crippen LogP contribution in [0.2, 0.25) is 0 Å². The number of carboxylic acids is 1. The molecule has 16 heteroatoms. The molecule has 16 nitrogen and oxygen atoms in total. The number of nitrogens with zero attached hydrogens (tertiary/aromatic N) is 2. The van der Waals surface area contributed by atoms with E-state index in [1.54, 1.807) is 38.1 Å². The number of nitrogens with one attached hydrogen (secondary N) is 3. The Balaban J connectivity index is 1.86. The second-order valence-corrected chi connectivity index (χ2v) is 13.5. The normalized spacial score (nSPS) is 17.2. The monoisotopic (exact) mass is 723 g/mol. The summed E-state index contributed by atoms with van der Waals surface area (Å²) in [6.45, 7) is 7.13. The summed E-state index contributed by atoms with van der Waals surface area (Å²) in [5, 5.41) is 18.3. The molecule has 2 aromatic carbocycles. The Bertz CT molecular complexity index is 1620. The minimum atomic E-state index is -1.62. The fourth-order valence-corrected chi connectivity index (χ4v) is 6.33. The molecule has 0 bridgehead atoms. The maximum absolute atomic E-state index is 14.3. The number of benzene rings is 2. The van der Waals surface area contributed by atoms with Gasteiger partial charge in [0, 0.05) is 6.54 Å². The molecule has 8 N–H and O–H groups in total. The summed E-state index contributed by atoms with van der Waals surface area (Å²) in [5.74, 6) is -5.59. The number of hydrogen-bond donors (Lipinski definition) is 6. The van der Waals surface area contributed by atoms with Gasteiger partial charge in [0.15, 0.2) is 0 Å². The van der Waals surface area contributed by atoms with E-state index in [9.17, 15) is 38.7 Å². The zero-order chi connectivity index (χ0) is 38.7. The summed E-state index contributed by atoms with van der Waals surface area (Å²) in [4.78, 5) is 97.4. The maximum atomic E-state index is 14.3. The van der Waals surface area contributed by atoms with Crippen molar-refractivity contribution in [2.75, 3.05) is 18.7 Å². The van der Waals surface area contributed by atoms with Crippen molar-refractivity contribution in [1.82, 2.24) is 20.9 Å². The van der Waals surface area contributed by atoms with Crippen molar-refractivity contribution in [2.24, 2.45) is 23.3 Å². The molecule has 1 aliphatic heterocycles. The van der Waals surface area contributed by atoms with Crippen LogP contribution >= 0.6 is 0 Å². The number of urea groups is 1. The van der Waals surface area contributed by atoms with E-state index < -0.39 is 77.5 Å². The smallest absolute Gasteiger partial charge is 0.343 e. The van der Waals surface area contributed by atoms with Gasteiger partial charge in [-0.25, -0.2) is 4.79 Å². The molecule has 0 unspecified atom stereocenters. The molecule has 0 aliphatic carbocycles. The molecular weight excluding hydrogens is 674 g/mol. The first-order valence-corrected chi connectivity index (χ1v) is 17.0. The quantitative estimate of drug-likeness (QED) is 0.129. The predicted octanol–water partition coefficient (Wildman–Crippen LogP) is 1.31. The summed E-state index contributed by atoms with van der Waals surface area (Å²) in [6, 6.07) is 10.1. The van der Waals surface area contributed by atoms with Gasteiger partial charge in [-0.3, -0.25) is 33.6 Å². The Morgan fingerprint density at radius 2 is 1.50 bits per heavy atom. The van der Waals surface area contributed by atoms with Gasteiger partial charge < -0.3 is 37.4 Å². The molecule has 0 saturated carbocycles. The zero-order valence-electron chi connectivity index (χ0n) is 30.1. The van der Waals surface area contributed by atoms with Gasteiger partial charge in [-0.05, 0) is 54.4 Å². The molecular formula is C36H49N7O9. The first-order valence-electron chi connectivity index (χ1n) is 17.0. The summed E-state index contributed by atoms with van der Waals surface area (Å²) >= 11 is 0. The molecule has 3 rings (SSSR count). The van der Waals surface area contributed by atoms with Gasteiger partial charge in [-0.1, -0.05) is 70.2 Å². The largest absolute Gasteiger partial charge is 0.481 e. The second-order valence-electron chi connectivity index (χ2n) is 13.5. The lowest BCUT2D eigenvalue weighted by Crippen LogP contribution is -2.61. The Morgan fingerprint density at radius 1 is 0.885 bits per heavy atom. The molecule has 0 radical (unpaired) electrons. The van der Waals surface area contributed by atoms with Crippen molar-refractivity contribution < 1.29 is 43.5 Å². The number of carboxylic acid groups (broad SMARTS) is 1. The number of carbonyl (C=O) groups is 7. The summed E-state index contributed by atoms with van der Waals surface area (Å²) in [6.07, 6.45) is -0.0368. The third-order valence-corrected chi connectivity index (χ3v) is 8.83. The van der Waals surface area contributed by atoms with Gasteiger partial charge >= 0.3 is 12.0 Å². The van der Waals surface area contributed by atoms with Gasteiger partial charge in [0.1, 0.15) is 23.7 Å². The molecule has 0 aromatic heterocycles. The summed E-state index contributed by atoms with van der Waals surface area (Å²) in [5.41, 5.74) is 11.1. The van der Waals surface area contributed by atoms with Gasteiger partial charge in [-0.15, -0.1) is 0 Å². The Kier molecular flexibility index (Phi) is 14.3. The van der Waals surface area contributed by atoms with Crippen molar-refractivity contribution in [2.45, 2.75) is 83.5 Å². The van der Waals surface area contributed by atoms with Gasteiger partial charge in [0.25, 0.3) is 0 Å². The summed E-state index contributed by atoms with van der Waals surface area (Å²) < 4.78 is 0. The van der Waals surface area contributed by atoms with E-state index >= 15 is 0 Å². The molecule has 0 spiro atoms. The van der Waals surface area contributed by atoms with Gasteiger partial charge in [0.2, 0.25) is 29.5 Å². The van der Waals surface area contributed by atoms with Crippen molar-refractivity contribution in [3.05, 3.63) is 65.7 Å². The summed E-state index contributed by atoms with van der Waals surface area (Å²) in [7, 11) is 1.25. The third-order valence-electron chi connectivity index (χ3n) is 8.83. The highest BCUT2D eigenvalue weighted by molar-refractivity contribution is 5.98. The highest BCUT2D eigenvalue weighted by Crippen LogP contribution is 2.40. The van der Waals surface area contributed by atoms with Crippen LogP contribution in [0.1, 0.15) is 64.5 Å². The van der Waals surface area contributed by atoms with Crippen LogP contribution in [0.4, 0.5) is 10.5 Å². The molecule has 1 heterocycles. The van der Waals surface area contributed by atoms with Crippen LogP contribution in [-0.2, 0) is 45.6 Å². The maximum Gasteiger partial charge on any atom is 0.343 e. The van der Waals surface area contributed by atoms with E-state index in [1.807, 2.05) is 19.9 Å². The SMILES string of the molecule is CON(C(N)=O)c1ccc([C@]2(C(N)=O)CCCN2C(=O)[C@@H](NC(=O)[C@H](CC(=O)O)NC(=O)[C@H](CC(C)C)NC(=O)Cc2ccccc2)C(C)C)cc1. The predicted molar refractivity (Wildman–Crippen MR) is 190 cm³/mol. The van der Waals surface area contributed by atoms with Crippen molar-refractivity contribution in [3.8, 4) is 0 Å². The number of rotatable bonds is 17. The average Bonchev–Trinajstić information content (AvgIpc) is 3.53. The lowest BCUT2D eigenvalue weighted by Gasteiger charge is -2.39. The lowest BCUT2D eigenvalue weighted by atomic mass is 9.85. The van der Waals surface area contributed by atoms with Crippen molar-refractivity contribution in [1.29, 1.82) is 0 Å². The molecule has 1 saturated heterocycles. The van der Waals surface area contributed by atoms with Crippen LogP contribution < -0.4 is 32.5 Å². The highest BCUT2D eigenvalue weighted by atomic mass is 16.7. The van der Waals surface area contributed by atoms with Gasteiger partial charge in [0.05, 0.1) is 25.6 Å². The van der Waals surface area contributed by atoms with Crippen LogP contribution in [-0.4, -0.2) is 83.3 Å². The fourth-order valence-electron chi connectivity index (χ4n) is 6.33. The first kappa shape index (κ1) is 40.9. The zero-order valence-corrected chi connectivity index (χ0v) is 30.1. The number of aliphatic carboxylic acids is 1. The number of hydrogen-bond acceptors (Lipinski definition) is 8. The Labute approximate surface area is 302 Å². The van der Waals surface area contributed by atoms with Crippen LogP contribution in [0.5, 0.6) is 0 Å². The van der Waals surface area contributed by atoms with E-state index in [-0.39, 0.29) is 37.4 Å². The Hall–Kier alpha value is -5.51. The van der Waals surface area contributed by atoms with Crippen molar-refractivity contribution >= 4 is 47.2 Å². The topological polar surface area (TPSA) is 244 Å². The van der Waals surface area contributed by atoms with E-state index in [2.05, 4.69) is 16.0 Å². The molecule has 52 heavy (non-hydrogen) atoms. The van der Waals surface area contributed by atoms with Crippen LogP contribution in [0.25, 0.3) is 0 Å². The average molecular weight is 724 g/mol. The van der Waals surface area contributed by atoms with E-state index in [1.165, 1.54) is 36.3 Å². The molecule has 4 atom stereocenters. The van der Waals surface area contributed by atoms with Crippen molar-refractivity contribution in [3.63, 3.8) is 0 Å². The van der Waals surface area contributed by atoms with Gasteiger partial charge in [-0.2, -0.15) is 5.06 Å². The molecule has 1 fully saturated rings. The van der Waals surface area contributed by atoms with Crippen LogP contribution in [0.3, 0.4) is 0 Å². The number of anilines is 1. The number of likely N-dealkylation sites (tertiary alicyclic amines) is 1. The molecule has 1 aliphatic rings. The van der Waals surface area contributed by atoms with Crippen LogP contribution in [0, 0.1) is 11.8 Å². The highest BCUT2D eigenvalue weighted by Gasteiger charge is 2.51. The lowest BCUT2D eigenvalue weighted by molar-refractivity contribution is -0.148. The fraction of sp³-hybridized carbons (Fsp3) is 0.472. The standard InChI is InChI=1S/C36H49N7O9/c1-21(2)18-26(39-28(44)19-23-10-7-6-8-11-23)31(47)40-27(20-29(45)46)32(48)41-30(22(3)4)33(49)42-17-9-16-36(42,34(37)50)24-12-14-25(15-13-24)43(52-5)35(38)51/h6-8,10-15,21-22,26-27,30H,9,16-20H2,1-5H3,(H2,37,50)(H2,38,51)(H,39,44)(H,40,47)(H,41,48)(H,45,46)/t26-,27-,30-,36-/m0/s1. The minimum Gasteiger partial charge on any atom is -0.481 e. The number of nitrogens with two attached hydrogens (primary N) is 2. The third kappa shape index (κ3) is 10.1. The molecule has 2 aromatic rings. The van der Waals surface area contributed by atoms with E-state index in [4.69, 9.17) is 16.3 Å². The number of carbonyl (C=O) groups excluding carboxylic acids is 6. The first-order chi connectivity index (χ1) is 24.5. The molecule has 7 amide bonds. The second kappa shape index (κ2) is 18.1. The number of primary amides is 2. The van der Waals surface area contributed by atoms with E-state index in [0.29, 0.717) is 12.0 Å². The van der Waals surface area contributed by atoms with E-state index in [0.717, 1.165) is 10.6 Å². The Morgan fingerprint density at radius 3 is 2.02 bits per heavy atom. The minimum absolute atomic E-state index is 0.00630. The van der Waals surface area contributed by atoms with Crippen LogP contribution in [0.15, 0.2) is 54.6 Å². The molecule has 282 valence electrons.